The Labute approximate surface area is 128 Å². The normalized spacial score (nSPS) is 30.6. The number of likely N-dealkylation sites (tertiary alicyclic amines) is 2. The zero-order valence-electron chi connectivity index (χ0n) is 13.3. The molecule has 21 heavy (non-hydrogen) atoms. The highest BCUT2D eigenvalue weighted by Crippen LogP contribution is 2.34. The van der Waals surface area contributed by atoms with Crippen molar-refractivity contribution in [3.05, 3.63) is 30.1 Å². The van der Waals surface area contributed by atoms with Crippen molar-refractivity contribution in [2.24, 2.45) is 11.7 Å². The maximum atomic E-state index is 6.31. The molecule has 4 unspecified atom stereocenters. The first-order valence-corrected chi connectivity index (χ1v) is 8.26. The first-order valence-electron chi connectivity index (χ1n) is 8.26. The van der Waals surface area contributed by atoms with Crippen molar-refractivity contribution in [3.63, 3.8) is 0 Å². The highest BCUT2D eigenvalue weighted by atomic mass is 15.2. The van der Waals surface area contributed by atoms with Gasteiger partial charge in [-0.25, -0.2) is 0 Å². The topological polar surface area (TPSA) is 45.4 Å². The molecule has 3 rings (SSSR count). The van der Waals surface area contributed by atoms with Gasteiger partial charge in [0, 0.05) is 37.6 Å². The van der Waals surface area contributed by atoms with Gasteiger partial charge in [0.1, 0.15) is 0 Å². The molecule has 0 aliphatic carbocycles. The summed E-state index contributed by atoms with van der Waals surface area (Å²) < 4.78 is 0. The largest absolute Gasteiger partial charge is 0.326 e. The van der Waals surface area contributed by atoms with Crippen LogP contribution in [0.1, 0.15) is 37.8 Å². The molecule has 4 nitrogen and oxygen atoms in total. The smallest absolute Gasteiger partial charge is 0.0511 e. The lowest BCUT2D eigenvalue weighted by molar-refractivity contribution is 0.0153. The van der Waals surface area contributed by atoms with E-state index in [4.69, 9.17) is 5.73 Å². The van der Waals surface area contributed by atoms with Crippen LogP contribution in [0.15, 0.2) is 24.5 Å². The predicted octanol–water partition coefficient (Wildman–Crippen LogP) is 1.89. The number of hydrogen-bond donors (Lipinski definition) is 1. The van der Waals surface area contributed by atoms with Crippen LogP contribution in [0.2, 0.25) is 0 Å². The zero-order valence-corrected chi connectivity index (χ0v) is 13.3. The van der Waals surface area contributed by atoms with Crippen LogP contribution >= 0.6 is 0 Å². The summed E-state index contributed by atoms with van der Waals surface area (Å²) >= 11 is 0. The third-order valence-corrected chi connectivity index (χ3v) is 5.29. The van der Waals surface area contributed by atoms with Gasteiger partial charge >= 0.3 is 0 Å². The average Bonchev–Trinajstić information content (AvgIpc) is 2.48. The van der Waals surface area contributed by atoms with Crippen LogP contribution in [0.5, 0.6) is 0 Å². The Morgan fingerprint density at radius 3 is 2.90 bits per heavy atom. The van der Waals surface area contributed by atoms with E-state index in [0.717, 1.165) is 18.5 Å². The number of pyridine rings is 1. The highest BCUT2D eigenvalue weighted by Gasteiger charge is 2.37. The summed E-state index contributed by atoms with van der Waals surface area (Å²) in [5, 5.41) is 0. The van der Waals surface area contributed by atoms with Crippen LogP contribution in [0, 0.1) is 5.92 Å². The van der Waals surface area contributed by atoms with E-state index in [1.54, 1.807) is 0 Å². The molecule has 4 heteroatoms. The fourth-order valence-electron chi connectivity index (χ4n) is 4.33. The molecule has 0 aromatic carbocycles. The van der Waals surface area contributed by atoms with Gasteiger partial charge in [0.05, 0.1) is 6.04 Å². The van der Waals surface area contributed by atoms with E-state index >= 15 is 0 Å². The standard InChI is InChI=1S/C17H28N4/c1-13(18)17(14-5-3-8-19-11-14)21-10-7-16-15(12-21)6-4-9-20(16)2/h3,5,8,11,13,15-17H,4,6-7,9-10,12,18H2,1-2H3. The zero-order chi connectivity index (χ0) is 14.8. The van der Waals surface area contributed by atoms with Gasteiger partial charge in [-0.15, -0.1) is 0 Å². The Kier molecular flexibility index (Phi) is 4.57. The van der Waals surface area contributed by atoms with E-state index in [1.807, 2.05) is 18.5 Å². The van der Waals surface area contributed by atoms with Crippen LogP contribution in [0.4, 0.5) is 0 Å². The summed E-state index contributed by atoms with van der Waals surface area (Å²) in [6.07, 6.45) is 7.79. The molecule has 0 saturated carbocycles. The maximum Gasteiger partial charge on any atom is 0.0511 e. The molecule has 116 valence electrons. The third kappa shape index (κ3) is 3.12. The van der Waals surface area contributed by atoms with Crippen molar-refractivity contribution in [3.8, 4) is 0 Å². The fourth-order valence-corrected chi connectivity index (χ4v) is 4.33. The molecule has 3 heterocycles. The predicted molar refractivity (Wildman–Crippen MR) is 86.0 cm³/mol. The van der Waals surface area contributed by atoms with Gasteiger partial charge in [-0.05, 0) is 57.3 Å². The summed E-state index contributed by atoms with van der Waals surface area (Å²) in [5.74, 6) is 0.801. The molecule has 0 radical (unpaired) electrons. The minimum atomic E-state index is 0.132. The van der Waals surface area contributed by atoms with Crippen molar-refractivity contribution in [1.82, 2.24) is 14.8 Å². The van der Waals surface area contributed by atoms with Crippen molar-refractivity contribution >= 4 is 0 Å². The number of nitrogens with two attached hydrogens (primary N) is 1. The lowest BCUT2D eigenvalue weighted by Crippen LogP contribution is -2.54. The molecule has 2 N–H and O–H groups in total. The molecular formula is C17H28N4. The molecule has 2 fully saturated rings. The van der Waals surface area contributed by atoms with Gasteiger partial charge < -0.3 is 10.6 Å². The molecule has 2 aliphatic rings. The maximum absolute atomic E-state index is 6.31. The SMILES string of the molecule is CC(N)C(c1cccnc1)N1CCC2C(CCCN2C)C1. The van der Waals surface area contributed by atoms with Gasteiger partial charge in [-0.2, -0.15) is 0 Å². The molecule has 0 amide bonds. The van der Waals surface area contributed by atoms with E-state index in [0.29, 0.717) is 6.04 Å². The summed E-state index contributed by atoms with van der Waals surface area (Å²) in [6, 6.07) is 5.39. The van der Waals surface area contributed by atoms with Crippen LogP contribution in [0.25, 0.3) is 0 Å². The molecule has 0 spiro atoms. The quantitative estimate of drug-likeness (QED) is 0.922. The second-order valence-electron chi connectivity index (χ2n) is 6.82. The van der Waals surface area contributed by atoms with Gasteiger partial charge in [0.2, 0.25) is 0 Å². The molecule has 2 saturated heterocycles. The number of nitrogens with zero attached hydrogens (tertiary/aromatic N) is 3. The van der Waals surface area contributed by atoms with Gasteiger partial charge in [-0.3, -0.25) is 9.88 Å². The second-order valence-corrected chi connectivity index (χ2v) is 6.82. The van der Waals surface area contributed by atoms with Gasteiger partial charge in [0.15, 0.2) is 0 Å². The summed E-state index contributed by atoms with van der Waals surface area (Å²) in [6.45, 7) is 5.71. The van der Waals surface area contributed by atoms with Crippen LogP contribution in [0.3, 0.4) is 0 Å². The van der Waals surface area contributed by atoms with Gasteiger partial charge in [0.25, 0.3) is 0 Å². The van der Waals surface area contributed by atoms with E-state index in [9.17, 15) is 0 Å². The highest BCUT2D eigenvalue weighted by molar-refractivity contribution is 5.16. The molecule has 2 aliphatic heterocycles. The van der Waals surface area contributed by atoms with Crippen molar-refractivity contribution in [2.75, 3.05) is 26.7 Å². The van der Waals surface area contributed by atoms with Crippen LogP contribution < -0.4 is 5.73 Å². The number of piperidine rings is 2. The number of fused-ring (bicyclic) bond motifs is 1. The Hall–Kier alpha value is -0.970. The van der Waals surface area contributed by atoms with Crippen LogP contribution in [-0.2, 0) is 0 Å². The van der Waals surface area contributed by atoms with Crippen molar-refractivity contribution in [1.29, 1.82) is 0 Å². The molecule has 1 aromatic rings. The number of aromatic nitrogens is 1. The van der Waals surface area contributed by atoms with Crippen molar-refractivity contribution in [2.45, 2.75) is 44.3 Å². The molecular weight excluding hydrogens is 260 g/mol. The third-order valence-electron chi connectivity index (χ3n) is 5.29. The Morgan fingerprint density at radius 2 is 2.19 bits per heavy atom. The van der Waals surface area contributed by atoms with E-state index < -0.39 is 0 Å². The van der Waals surface area contributed by atoms with Crippen LogP contribution in [-0.4, -0.2) is 53.5 Å². The first-order chi connectivity index (χ1) is 10.2. The minimum absolute atomic E-state index is 0.132. The number of hydrogen-bond acceptors (Lipinski definition) is 4. The lowest BCUT2D eigenvalue weighted by Gasteiger charge is -2.48. The monoisotopic (exact) mass is 288 g/mol. The Morgan fingerprint density at radius 1 is 1.33 bits per heavy atom. The van der Waals surface area contributed by atoms with E-state index in [2.05, 4.69) is 34.8 Å². The van der Waals surface area contributed by atoms with E-state index in [-0.39, 0.29) is 6.04 Å². The van der Waals surface area contributed by atoms with Gasteiger partial charge in [-0.1, -0.05) is 6.07 Å². The van der Waals surface area contributed by atoms with E-state index in [1.165, 1.54) is 37.9 Å². The molecule has 0 bridgehead atoms. The molecule has 1 aromatic heterocycles. The summed E-state index contributed by atoms with van der Waals surface area (Å²) in [5.41, 5.74) is 7.57. The lowest BCUT2D eigenvalue weighted by atomic mass is 9.83. The number of rotatable bonds is 3. The summed E-state index contributed by atoms with van der Waals surface area (Å²) in [7, 11) is 2.29. The fraction of sp³-hybridized carbons (Fsp3) is 0.706. The van der Waals surface area contributed by atoms with Crippen molar-refractivity contribution < 1.29 is 0 Å². The first kappa shape index (κ1) is 14.9. The Bertz CT molecular complexity index is 447. The second kappa shape index (κ2) is 6.42. The minimum Gasteiger partial charge on any atom is -0.326 e. The molecule has 4 atom stereocenters. The summed E-state index contributed by atoms with van der Waals surface area (Å²) in [4.78, 5) is 9.45. The Balaban J connectivity index is 1.76. The average molecular weight is 288 g/mol.